The Kier molecular flexibility index (Phi) is 4.88. The fourth-order valence-corrected chi connectivity index (χ4v) is 2.54. The number of fused-ring (bicyclic) bond motifs is 1. The highest BCUT2D eigenvalue weighted by Gasteiger charge is 2.23. The molecule has 0 aliphatic carbocycles. The maximum atomic E-state index is 9.73. The van der Waals surface area contributed by atoms with E-state index in [0.717, 1.165) is 29.7 Å². The molecule has 0 aromatic heterocycles. The third kappa shape index (κ3) is 3.06. The summed E-state index contributed by atoms with van der Waals surface area (Å²) in [7, 11) is 0. The largest absolute Gasteiger partial charge is 0.504 e. The van der Waals surface area contributed by atoms with Crippen molar-refractivity contribution in [1.29, 1.82) is 0 Å². The summed E-state index contributed by atoms with van der Waals surface area (Å²) in [5.41, 5.74) is 4.55. The molecule has 1 aliphatic heterocycles. The van der Waals surface area contributed by atoms with Crippen LogP contribution in [0.2, 0.25) is 0 Å². The number of phenolic OH excluding ortho intramolecular Hbond substituents is 2. The van der Waals surface area contributed by atoms with Crippen LogP contribution in [0.15, 0.2) is 47.5 Å². The van der Waals surface area contributed by atoms with Crippen LogP contribution in [0.5, 0.6) is 11.5 Å². The maximum absolute atomic E-state index is 9.73. The molecule has 20 heavy (non-hydrogen) atoms. The van der Waals surface area contributed by atoms with E-state index in [4.69, 9.17) is 11.6 Å². The molecule has 0 bridgehead atoms. The molecule has 4 heteroatoms. The fourth-order valence-electron chi connectivity index (χ4n) is 2.47. The van der Waals surface area contributed by atoms with E-state index in [9.17, 15) is 10.2 Å². The Morgan fingerprint density at radius 2 is 2.10 bits per heavy atom. The number of nitrogens with one attached hydrogen (secondary N) is 1. The minimum atomic E-state index is -0.0924. The molecule has 0 saturated heterocycles. The summed E-state index contributed by atoms with van der Waals surface area (Å²) in [5.74, 6) is -0.160. The second-order valence-electron chi connectivity index (χ2n) is 4.66. The molecular formula is C16H18ClNO2. The lowest BCUT2D eigenvalue weighted by atomic mass is 9.88. The number of hydrogen-bond acceptors (Lipinski definition) is 3. The van der Waals surface area contributed by atoms with Crippen molar-refractivity contribution in [3.63, 3.8) is 0 Å². The molecule has 0 radical (unpaired) electrons. The average molecular weight is 292 g/mol. The van der Waals surface area contributed by atoms with Gasteiger partial charge in [-0.15, -0.1) is 0 Å². The molecule has 0 saturated carbocycles. The Hall–Kier alpha value is -1.71. The van der Waals surface area contributed by atoms with Crippen molar-refractivity contribution >= 4 is 11.6 Å². The Bertz CT molecular complexity index is 576. The topological polar surface area (TPSA) is 52.5 Å². The van der Waals surface area contributed by atoms with Crippen LogP contribution in [0, 0.1) is 0 Å². The first kappa shape index (κ1) is 14.7. The Morgan fingerprint density at radius 3 is 2.80 bits per heavy atom. The van der Waals surface area contributed by atoms with Crippen LogP contribution >= 0.6 is 11.6 Å². The molecule has 1 heterocycles. The van der Waals surface area contributed by atoms with Crippen molar-refractivity contribution < 1.29 is 10.2 Å². The Labute approximate surface area is 123 Å². The number of allylic oxidation sites excluding steroid dienone is 3. The number of aromatic hydroxyl groups is 2. The van der Waals surface area contributed by atoms with Gasteiger partial charge in [0.05, 0.1) is 6.04 Å². The van der Waals surface area contributed by atoms with E-state index in [1.807, 2.05) is 25.2 Å². The SMILES string of the molecule is C\C=C/C(=C\C=C\Cl)C1NCCc2cc(O)c(O)cc21. The predicted octanol–water partition coefficient (Wildman–Crippen LogP) is 3.54. The molecule has 106 valence electrons. The lowest BCUT2D eigenvalue weighted by molar-refractivity contribution is 0.400. The van der Waals surface area contributed by atoms with E-state index < -0.39 is 0 Å². The van der Waals surface area contributed by atoms with Gasteiger partial charge in [-0.05, 0) is 42.2 Å². The fraction of sp³-hybridized carbons (Fsp3) is 0.250. The normalized spacial score (nSPS) is 19.7. The Balaban J connectivity index is 2.47. The third-order valence-corrected chi connectivity index (χ3v) is 3.49. The average Bonchev–Trinajstić information content (AvgIpc) is 2.44. The first-order valence-electron chi connectivity index (χ1n) is 6.55. The van der Waals surface area contributed by atoms with Crippen molar-refractivity contribution in [3.05, 3.63) is 58.7 Å². The van der Waals surface area contributed by atoms with Gasteiger partial charge in [0.25, 0.3) is 0 Å². The van der Waals surface area contributed by atoms with E-state index in [1.54, 1.807) is 18.2 Å². The van der Waals surface area contributed by atoms with Crippen LogP contribution in [0.3, 0.4) is 0 Å². The van der Waals surface area contributed by atoms with Gasteiger partial charge >= 0.3 is 0 Å². The Morgan fingerprint density at radius 1 is 1.35 bits per heavy atom. The highest BCUT2D eigenvalue weighted by molar-refractivity contribution is 6.25. The molecule has 1 aliphatic rings. The maximum Gasteiger partial charge on any atom is 0.157 e. The first-order valence-corrected chi connectivity index (χ1v) is 6.98. The van der Waals surface area contributed by atoms with E-state index in [1.165, 1.54) is 5.54 Å². The second-order valence-corrected chi connectivity index (χ2v) is 4.91. The summed E-state index contributed by atoms with van der Waals surface area (Å²) in [6.45, 7) is 2.78. The number of phenols is 2. The zero-order valence-electron chi connectivity index (χ0n) is 11.3. The van der Waals surface area contributed by atoms with Gasteiger partial charge in [0.2, 0.25) is 0 Å². The summed E-state index contributed by atoms with van der Waals surface area (Å²) in [4.78, 5) is 0. The lowest BCUT2D eigenvalue weighted by Crippen LogP contribution is -2.30. The highest BCUT2D eigenvalue weighted by atomic mass is 35.5. The van der Waals surface area contributed by atoms with E-state index >= 15 is 0 Å². The van der Waals surface area contributed by atoms with Crippen molar-refractivity contribution in [2.45, 2.75) is 19.4 Å². The number of hydrogen-bond donors (Lipinski definition) is 3. The summed E-state index contributed by atoms with van der Waals surface area (Å²) in [6.07, 6.45) is 8.50. The van der Waals surface area contributed by atoms with Gasteiger partial charge in [-0.3, -0.25) is 0 Å². The predicted molar refractivity (Wildman–Crippen MR) is 82.1 cm³/mol. The van der Waals surface area contributed by atoms with E-state index in [0.29, 0.717) is 0 Å². The van der Waals surface area contributed by atoms with Gasteiger partial charge < -0.3 is 15.5 Å². The van der Waals surface area contributed by atoms with Crippen LogP contribution in [0.25, 0.3) is 0 Å². The van der Waals surface area contributed by atoms with Gasteiger partial charge in [-0.1, -0.05) is 35.9 Å². The van der Waals surface area contributed by atoms with E-state index in [2.05, 4.69) is 5.32 Å². The molecule has 1 aromatic rings. The number of rotatable bonds is 3. The lowest BCUT2D eigenvalue weighted by Gasteiger charge is -2.28. The zero-order chi connectivity index (χ0) is 14.5. The number of halogens is 1. The molecule has 1 unspecified atom stereocenters. The highest BCUT2D eigenvalue weighted by Crippen LogP contribution is 2.36. The third-order valence-electron chi connectivity index (χ3n) is 3.34. The molecule has 3 nitrogen and oxygen atoms in total. The first-order chi connectivity index (χ1) is 9.67. The summed E-state index contributed by atoms with van der Waals surface area (Å²) in [5, 5.41) is 22.8. The molecule has 1 atom stereocenters. The van der Waals surface area contributed by atoms with Crippen molar-refractivity contribution in [1.82, 2.24) is 5.32 Å². The monoisotopic (exact) mass is 291 g/mol. The molecule has 0 fully saturated rings. The van der Waals surface area contributed by atoms with Gasteiger partial charge in [0.15, 0.2) is 11.5 Å². The molecule has 0 spiro atoms. The van der Waals surface area contributed by atoms with Crippen LogP contribution in [0.1, 0.15) is 24.1 Å². The van der Waals surface area contributed by atoms with Crippen molar-refractivity contribution in [2.24, 2.45) is 0 Å². The van der Waals surface area contributed by atoms with Gasteiger partial charge in [-0.2, -0.15) is 0 Å². The van der Waals surface area contributed by atoms with Gasteiger partial charge in [-0.25, -0.2) is 0 Å². The van der Waals surface area contributed by atoms with Crippen molar-refractivity contribution in [2.75, 3.05) is 6.54 Å². The summed E-state index contributed by atoms with van der Waals surface area (Å²) in [6, 6.07) is 3.25. The summed E-state index contributed by atoms with van der Waals surface area (Å²) >= 11 is 5.59. The molecular weight excluding hydrogens is 274 g/mol. The molecule has 0 amide bonds. The van der Waals surface area contributed by atoms with E-state index in [-0.39, 0.29) is 17.5 Å². The van der Waals surface area contributed by atoms with Crippen molar-refractivity contribution in [3.8, 4) is 11.5 Å². The van der Waals surface area contributed by atoms with Crippen LogP contribution < -0.4 is 5.32 Å². The van der Waals surface area contributed by atoms with Crippen LogP contribution in [0.4, 0.5) is 0 Å². The minimum absolute atomic E-state index is 0.0192. The van der Waals surface area contributed by atoms with Crippen LogP contribution in [-0.2, 0) is 6.42 Å². The molecule has 2 rings (SSSR count). The minimum Gasteiger partial charge on any atom is -0.504 e. The van der Waals surface area contributed by atoms with Gasteiger partial charge in [0.1, 0.15) is 0 Å². The quantitative estimate of drug-likeness (QED) is 0.590. The van der Waals surface area contributed by atoms with Gasteiger partial charge in [0, 0.05) is 12.1 Å². The van der Waals surface area contributed by atoms with Crippen LogP contribution in [-0.4, -0.2) is 16.8 Å². The molecule has 1 aromatic carbocycles. The second kappa shape index (κ2) is 6.64. The number of benzene rings is 1. The summed E-state index contributed by atoms with van der Waals surface area (Å²) < 4.78 is 0. The standard InChI is InChI=1S/C16H18ClNO2/c1-2-4-11(5-3-7-17)16-13-10-15(20)14(19)9-12(13)6-8-18-16/h2-5,7,9-10,16,18-20H,6,8H2,1H3/b4-2-,7-3+,11-5+. The smallest absolute Gasteiger partial charge is 0.157 e. The zero-order valence-corrected chi connectivity index (χ0v) is 12.1. The molecule has 3 N–H and O–H groups in total.